The van der Waals surface area contributed by atoms with Crippen molar-refractivity contribution in [3.05, 3.63) is 111 Å². The van der Waals surface area contributed by atoms with Crippen LogP contribution in [0.3, 0.4) is 0 Å². The van der Waals surface area contributed by atoms with Crippen LogP contribution in [0.5, 0.6) is 0 Å². The number of unbranched alkanes of at least 4 members (excludes halogenated alkanes) is 40. The Balaban J connectivity index is 0.000000237. The minimum absolute atomic E-state index is 0.149. The summed E-state index contributed by atoms with van der Waals surface area (Å²) in [4.78, 5) is 6.43. The molecule has 0 unspecified atom stereocenters. The second-order valence-electron chi connectivity index (χ2n) is 33.3. The van der Waals surface area contributed by atoms with E-state index in [0.29, 0.717) is 0 Å². The summed E-state index contributed by atoms with van der Waals surface area (Å²) in [5.41, 5.74) is 20.7. The van der Waals surface area contributed by atoms with E-state index in [9.17, 15) is 0 Å². The smallest absolute Gasteiger partial charge is 0.0708 e. The number of hydrogen-bond donors (Lipinski definition) is 0. The van der Waals surface area contributed by atoms with Gasteiger partial charge in [-0.2, -0.15) is 0 Å². The number of fused-ring (bicyclic) bond motifs is 12. The fourth-order valence-corrected chi connectivity index (χ4v) is 25.6. The van der Waals surface area contributed by atoms with Gasteiger partial charge in [0.1, 0.15) is 0 Å². The third kappa shape index (κ3) is 21.0. The van der Waals surface area contributed by atoms with Gasteiger partial charge in [-0.1, -0.05) is 364 Å². The maximum atomic E-state index is 4.03. The van der Waals surface area contributed by atoms with E-state index in [0.717, 1.165) is 0 Å². The summed E-state index contributed by atoms with van der Waals surface area (Å²) < 4.78 is 2.65. The van der Waals surface area contributed by atoms with Crippen LogP contribution < -0.4 is 0 Å². The third-order valence-corrected chi connectivity index (χ3v) is 31.0. The number of rotatable bonds is 56. The molecule has 6 aromatic rings. The largest absolute Gasteiger partial charge is 0.143 e. The van der Waals surface area contributed by atoms with Gasteiger partial charge in [0.25, 0.3) is 0 Å². The van der Waals surface area contributed by atoms with Crippen LogP contribution in [0.1, 0.15) is 459 Å². The average Bonchev–Trinajstić information content (AvgIpc) is 1.53. The molecule has 0 spiro atoms. The average molecular weight is 1590 g/mol. The number of halogens is 2. The summed E-state index contributed by atoms with van der Waals surface area (Å²) >= 11 is 16.2. The summed E-state index contributed by atoms with van der Waals surface area (Å²) in [6, 6.07) is 21.5. The molecule has 0 radical (unpaired) electrons. The highest BCUT2D eigenvalue weighted by Crippen LogP contribution is 2.66. The molecule has 0 saturated carbocycles. The Labute approximate surface area is 661 Å². The van der Waals surface area contributed by atoms with Crippen LogP contribution in [0.4, 0.5) is 0 Å². The van der Waals surface area contributed by atoms with Crippen molar-refractivity contribution in [3.63, 3.8) is 0 Å². The Bertz CT molecular complexity index is 3040. The van der Waals surface area contributed by atoms with Crippen molar-refractivity contribution >= 4 is 77.2 Å². The van der Waals surface area contributed by atoms with Crippen molar-refractivity contribution in [3.8, 4) is 41.8 Å². The maximum Gasteiger partial charge on any atom is 0.0708 e. The van der Waals surface area contributed by atoms with Crippen molar-refractivity contribution in [1.82, 2.24) is 0 Å². The second-order valence-corrected chi connectivity index (χ2v) is 40.0. The summed E-state index contributed by atoms with van der Waals surface area (Å²) in [7, 11) is 0. The molecule has 0 nitrogen and oxygen atoms in total. The van der Waals surface area contributed by atoms with E-state index >= 15 is 0 Å². The van der Waals surface area contributed by atoms with E-state index in [2.05, 4.69) is 147 Å². The van der Waals surface area contributed by atoms with Gasteiger partial charge >= 0.3 is 0 Å². The lowest BCUT2D eigenvalue weighted by atomic mass is 9.68. The molecular formula is C96H146Br2S4. The van der Waals surface area contributed by atoms with Crippen LogP contribution >= 0.6 is 77.2 Å². The van der Waals surface area contributed by atoms with Crippen molar-refractivity contribution < 1.29 is 0 Å². The lowest BCUT2D eigenvalue weighted by molar-refractivity contribution is 0.395. The molecule has 0 amide bonds. The number of benzene rings is 2. The molecule has 568 valence electrons. The first-order valence-corrected chi connectivity index (χ1v) is 49.2. The van der Waals surface area contributed by atoms with Gasteiger partial charge in [0.15, 0.2) is 0 Å². The molecule has 4 aromatic heterocycles. The lowest BCUT2D eigenvalue weighted by Crippen LogP contribution is -2.27. The van der Waals surface area contributed by atoms with E-state index in [1.165, 1.54) is 367 Å². The van der Waals surface area contributed by atoms with E-state index in [-0.39, 0.29) is 21.7 Å². The predicted octanol–water partition coefficient (Wildman–Crippen LogP) is 36.2. The van der Waals surface area contributed by atoms with Gasteiger partial charge in [0.2, 0.25) is 0 Å². The van der Waals surface area contributed by atoms with Crippen LogP contribution in [0.2, 0.25) is 0 Å². The van der Waals surface area contributed by atoms with Crippen LogP contribution in [-0.4, -0.2) is 0 Å². The van der Waals surface area contributed by atoms with Gasteiger partial charge in [0.05, 0.1) is 7.57 Å². The first kappa shape index (κ1) is 84.2. The summed E-state index contributed by atoms with van der Waals surface area (Å²) in [5.74, 6) is 0. The van der Waals surface area contributed by atoms with Gasteiger partial charge in [-0.05, 0) is 209 Å². The molecule has 10 rings (SSSR count). The van der Waals surface area contributed by atoms with Gasteiger partial charge < -0.3 is 0 Å². The van der Waals surface area contributed by atoms with E-state index < -0.39 is 0 Å². The molecule has 2 aromatic carbocycles. The van der Waals surface area contributed by atoms with Gasteiger partial charge in [0, 0.05) is 41.2 Å². The van der Waals surface area contributed by atoms with Gasteiger partial charge in [-0.25, -0.2) is 0 Å². The zero-order valence-corrected chi connectivity index (χ0v) is 73.2. The number of hydrogen-bond acceptors (Lipinski definition) is 4. The molecule has 0 bridgehead atoms. The minimum atomic E-state index is 0.149. The Hall–Kier alpha value is -1.80. The monoisotopic (exact) mass is 1580 g/mol. The lowest BCUT2D eigenvalue weighted by Gasteiger charge is -2.34. The molecule has 4 heterocycles. The van der Waals surface area contributed by atoms with E-state index in [4.69, 9.17) is 0 Å². The molecule has 6 heteroatoms. The van der Waals surface area contributed by atoms with Crippen molar-refractivity contribution in [2.75, 3.05) is 0 Å². The molecule has 0 fully saturated rings. The third-order valence-electron chi connectivity index (χ3n) is 25.8. The van der Waals surface area contributed by atoms with E-state index in [1.807, 2.05) is 45.3 Å². The Morgan fingerprint density at radius 2 is 0.402 bits per heavy atom. The Morgan fingerprint density at radius 1 is 0.216 bits per heavy atom. The molecule has 0 atom stereocenters. The fraction of sp³-hybridized carbons (Fsp3) is 0.708. The number of thiophene rings is 4. The molecule has 4 aliphatic carbocycles. The topological polar surface area (TPSA) is 0 Å². The Kier molecular flexibility index (Phi) is 37.0. The molecule has 102 heavy (non-hydrogen) atoms. The summed E-state index contributed by atoms with van der Waals surface area (Å²) in [6.45, 7) is 18.7. The highest BCUT2D eigenvalue weighted by atomic mass is 79.9. The standard InChI is InChI=1S/C48H72Br2S2.C48H74S2/c1-5-9-13-17-21-25-29-47(30-26-22-18-14-10-6-2)39-33-38-40(34-37(39)45-41(47)35-43(49)51-45)48(31-27-23-19-15-11-7-3,32-28-24-20-16-12-8-4)42-36-44(50)52-46(38)42;1-5-9-13-17-21-25-31-47(32-26-22-18-14-10-6-2)41-29-35-49-45(41)39-38-44-40(37-43(39)47)46-42(30-36-50-46)48(44,33-27-23-19-15-11-7-3)34-28-24-20-16-12-8-4/h33-36H,5-32H2,1-4H3;29-30,35-38H,5-28,31-34H2,1-4H3. The highest BCUT2D eigenvalue weighted by molar-refractivity contribution is 9.11. The summed E-state index contributed by atoms with van der Waals surface area (Å²) in [6.07, 6.45) is 76.7. The van der Waals surface area contributed by atoms with Crippen molar-refractivity contribution in [2.24, 2.45) is 0 Å². The van der Waals surface area contributed by atoms with Crippen LogP contribution in [0, 0.1) is 0 Å². The van der Waals surface area contributed by atoms with Crippen LogP contribution in [0.15, 0.2) is 66.9 Å². The molecular weight excluding hydrogens is 1440 g/mol. The first-order valence-electron chi connectivity index (χ1n) is 44.3. The molecule has 0 aliphatic heterocycles. The highest BCUT2D eigenvalue weighted by Gasteiger charge is 2.51. The van der Waals surface area contributed by atoms with Gasteiger partial charge in [-0.3, -0.25) is 0 Å². The SMILES string of the molecule is CCCCCCCCC1(CCCCCCCC)c2cc3c(cc2-c2sc(Br)cc21)C(CCCCCCCC)(CCCCCCCC)c1cc(Br)sc1-3.CCCCCCCCC1(CCCCCCCC)c2cc3c(cc2-c2sccc21)C(CCCCCCCC)(CCCCCCCC)c1ccsc1-3. The van der Waals surface area contributed by atoms with Gasteiger partial charge in [-0.15, -0.1) is 45.3 Å². The van der Waals surface area contributed by atoms with Crippen molar-refractivity contribution in [1.29, 1.82) is 0 Å². The minimum Gasteiger partial charge on any atom is -0.143 e. The van der Waals surface area contributed by atoms with Crippen molar-refractivity contribution in [2.45, 2.75) is 437 Å². The molecule has 0 saturated heterocycles. The predicted molar refractivity (Wildman–Crippen MR) is 469 cm³/mol. The zero-order chi connectivity index (χ0) is 71.9. The molecule has 0 N–H and O–H groups in total. The maximum absolute atomic E-state index is 4.03. The second kappa shape index (κ2) is 44.8. The molecule has 4 aliphatic rings. The fourth-order valence-electron chi connectivity index (χ4n) is 20.0. The first-order chi connectivity index (χ1) is 50.1. The van der Waals surface area contributed by atoms with E-state index in [1.54, 1.807) is 86.3 Å². The van der Waals surface area contributed by atoms with Crippen LogP contribution in [0.25, 0.3) is 41.8 Å². The normalized spacial score (nSPS) is 14.9. The Morgan fingerprint density at radius 3 is 0.618 bits per heavy atom. The summed E-state index contributed by atoms with van der Waals surface area (Å²) in [5, 5.41) is 4.88. The zero-order valence-electron chi connectivity index (χ0n) is 66.8. The quantitative estimate of drug-likeness (QED) is 0.0334. The van der Waals surface area contributed by atoms with Crippen LogP contribution in [-0.2, 0) is 21.7 Å².